The van der Waals surface area contributed by atoms with Gasteiger partial charge in [0.05, 0.1) is 6.54 Å². The summed E-state index contributed by atoms with van der Waals surface area (Å²) in [5, 5.41) is 4.22. The highest BCUT2D eigenvalue weighted by atomic mass is 16.2. The molecule has 2 heterocycles. The van der Waals surface area contributed by atoms with E-state index in [1.165, 1.54) is 0 Å². The molecule has 1 aliphatic rings. The van der Waals surface area contributed by atoms with Crippen molar-refractivity contribution in [2.75, 3.05) is 19.6 Å². The first-order valence-electron chi connectivity index (χ1n) is 10.4. The molecule has 0 saturated carbocycles. The summed E-state index contributed by atoms with van der Waals surface area (Å²) in [5.41, 5.74) is 2.08. The van der Waals surface area contributed by atoms with Gasteiger partial charge in [0, 0.05) is 35.8 Å². The number of hydrazine groups is 1. The van der Waals surface area contributed by atoms with Crippen LogP contribution in [0.2, 0.25) is 0 Å². The van der Waals surface area contributed by atoms with E-state index in [1.807, 2.05) is 35.0 Å². The standard InChI is InChI=1S/C23H28N4O2/c1-4-6-13-26-22(28)20(23(29)27(26)14-7-5-2)16-18-17-25(15-12-24-3)21-11-9-8-10-19(18)21/h8-11,16-17H,4-7,12-15H2,1-2H3. The number of rotatable bonds is 9. The van der Waals surface area contributed by atoms with Crippen LogP contribution in [-0.2, 0) is 16.1 Å². The molecule has 152 valence electrons. The van der Waals surface area contributed by atoms with Crippen LogP contribution in [0, 0.1) is 6.57 Å². The molecule has 1 aromatic heterocycles. The Morgan fingerprint density at radius 2 is 1.59 bits per heavy atom. The molecule has 0 atom stereocenters. The smallest absolute Gasteiger partial charge is 0.278 e. The van der Waals surface area contributed by atoms with Crippen LogP contribution >= 0.6 is 0 Å². The lowest BCUT2D eigenvalue weighted by atomic mass is 10.1. The molecule has 2 aromatic rings. The molecule has 3 rings (SSSR count). The molecule has 1 aromatic carbocycles. The summed E-state index contributed by atoms with van der Waals surface area (Å²) in [6.45, 7) is 13.3. The van der Waals surface area contributed by atoms with E-state index in [2.05, 4.69) is 18.7 Å². The molecule has 6 nitrogen and oxygen atoms in total. The molecule has 6 heteroatoms. The molecule has 1 saturated heterocycles. The van der Waals surface area contributed by atoms with Crippen molar-refractivity contribution in [3.8, 4) is 0 Å². The third-order valence-corrected chi connectivity index (χ3v) is 5.24. The van der Waals surface area contributed by atoms with Crippen LogP contribution in [0.3, 0.4) is 0 Å². The summed E-state index contributed by atoms with van der Waals surface area (Å²) in [6.07, 6.45) is 7.33. The summed E-state index contributed by atoms with van der Waals surface area (Å²) in [6, 6.07) is 7.89. The van der Waals surface area contributed by atoms with Gasteiger partial charge in [-0.1, -0.05) is 44.9 Å². The van der Waals surface area contributed by atoms with Crippen LogP contribution in [0.5, 0.6) is 0 Å². The van der Waals surface area contributed by atoms with Crippen LogP contribution < -0.4 is 0 Å². The van der Waals surface area contributed by atoms with Crippen molar-refractivity contribution in [3.05, 3.63) is 53.0 Å². The summed E-state index contributed by atoms with van der Waals surface area (Å²) in [7, 11) is 0. The zero-order valence-corrected chi connectivity index (χ0v) is 17.2. The number of nitrogens with zero attached hydrogens (tertiary/aromatic N) is 4. The molecule has 0 aliphatic carbocycles. The maximum atomic E-state index is 13.1. The second-order valence-electron chi connectivity index (χ2n) is 7.30. The fourth-order valence-electron chi connectivity index (χ4n) is 3.66. The Kier molecular flexibility index (Phi) is 6.71. The van der Waals surface area contributed by atoms with Gasteiger partial charge in [-0.25, -0.2) is 16.6 Å². The summed E-state index contributed by atoms with van der Waals surface area (Å²) >= 11 is 0. The van der Waals surface area contributed by atoms with Gasteiger partial charge in [-0.05, 0) is 25.0 Å². The van der Waals surface area contributed by atoms with E-state index in [4.69, 9.17) is 6.57 Å². The summed E-state index contributed by atoms with van der Waals surface area (Å²) in [4.78, 5) is 29.6. The fraction of sp³-hybridized carbons (Fsp3) is 0.435. The van der Waals surface area contributed by atoms with E-state index in [1.54, 1.807) is 16.1 Å². The van der Waals surface area contributed by atoms with Crippen LogP contribution in [0.4, 0.5) is 0 Å². The average molecular weight is 393 g/mol. The number of hydrogen-bond acceptors (Lipinski definition) is 2. The van der Waals surface area contributed by atoms with Gasteiger partial charge in [-0.2, -0.15) is 0 Å². The largest absolute Gasteiger partial charge is 0.339 e. The monoisotopic (exact) mass is 392 g/mol. The number of aromatic nitrogens is 1. The van der Waals surface area contributed by atoms with Crippen LogP contribution in [0.15, 0.2) is 36.0 Å². The van der Waals surface area contributed by atoms with E-state index >= 15 is 0 Å². The Morgan fingerprint density at radius 3 is 2.17 bits per heavy atom. The van der Waals surface area contributed by atoms with Crippen LogP contribution in [0.25, 0.3) is 21.8 Å². The highest BCUT2D eigenvalue weighted by molar-refractivity contribution is 6.25. The van der Waals surface area contributed by atoms with Crippen molar-refractivity contribution >= 4 is 28.8 Å². The SMILES string of the molecule is [C-]#[N+]CCn1cc(C=C2C(=O)N(CCCC)N(CCCC)C2=O)c2ccccc21. The minimum atomic E-state index is -0.211. The number of hydrogen-bond donors (Lipinski definition) is 0. The molecule has 0 radical (unpaired) electrons. The number of unbranched alkanes of at least 4 members (excludes halogenated alkanes) is 2. The van der Waals surface area contributed by atoms with Crippen molar-refractivity contribution in [2.24, 2.45) is 0 Å². The van der Waals surface area contributed by atoms with Gasteiger partial charge in [0.25, 0.3) is 11.8 Å². The second-order valence-corrected chi connectivity index (χ2v) is 7.30. The highest BCUT2D eigenvalue weighted by Gasteiger charge is 2.40. The molecular weight excluding hydrogens is 364 g/mol. The number of amides is 2. The minimum Gasteiger partial charge on any atom is -0.339 e. The summed E-state index contributed by atoms with van der Waals surface area (Å²) < 4.78 is 2.02. The number of carbonyl (C=O) groups excluding carboxylic acids is 2. The maximum Gasteiger partial charge on any atom is 0.278 e. The van der Waals surface area contributed by atoms with Gasteiger partial charge in [0.1, 0.15) is 5.57 Å². The Morgan fingerprint density at radius 1 is 0.966 bits per heavy atom. The number of benzene rings is 1. The molecule has 0 spiro atoms. The Hall–Kier alpha value is -3.07. The normalized spacial score (nSPS) is 14.2. The molecule has 29 heavy (non-hydrogen) atoms. The molecule has 1 aliphatic heterocycles. The maximum absolute atomic E-state index is 13.1. The first kappa shape index (κ1) is 20.7. The van der Waals surface area contributed by atoms with Gasteiger partial charge in [0.15, 0.2) is 0 Å². The second kappa shape index (κ2) is 9.42. The van der Waals surface area contributed by atoms with Gasteiger partial charge in [0.2, 0.25) is 6.54 Å². The molecular formula is C23H28N4O2. The molecule has 0 bridgehead atoms. The Balaban J connectivity index is 1.99. The van der Waals surface area contributed by atoms with Gasteiger partial charge < -0.3 is 9.41 Å². The Bertz CT molecular complexity index is 939. The van der Waals surface area contributed by atoms with Crippen molar-refractivity contribution in [2.45, 2.75) is 46.1 Å². The topological polar surface area (TPSA) is 49.9 Å². The van der Waals surface area contributed by atoms with E-state index in [0.717, 1.165) is 42.1 Å². The first-order valence-corrected chi connectivity index (χ1v) is 10.4. The molecule has 1 fully saturated rings. The lowest BCUT2D eigenvalue weighted by Gasteiger charge is -2.27. The number of para-hydroxylation sites is 1. The number of carbonyl (C=O) groups is 2. The van der Waals surface area contributed by atoms with E-state index in [9.17, 15) is 9.59 Å². The summed E-state index contributed by atoms with van der Waals surface area (Å²) in [5.74, 6) is -0.421. The van der Waals surface area contributed by atoms with Gasteiger partial charge in [-0.3, -0.25) is 9.59 Å². The highest BCUT2D eigenvalue weighted by Crippen LogP contribution is 2.28. The lowest BCUT2D eigenvalue weighted by molar-refractivity contribution is -0.147. The zero-order chi connectivity index (χ0) is 20.8. The predicted molar refractivity (Wildman–Crippen MR) is 115 cm³/mol. The number of fused-ring (bicyclic) bond motifs is 1. The lowest BCUT2D eigenvalue weighted by Crippen LogP contribution is -2.42. The molecule has 2 amide bonds. The Labute approximate surface area is 172 Å². The van der Waals surface area contributed by atoms with Crippen LogP contribution in [-0.4, -0.2) is 46.0 Å². The quantitative estimate of drug-likeness (QED) is 0.366. The zero-order valence-electron chi connectivity index (χ0n) is 17.2. The van der Waals surface area contributed by atoms with Crippen molar-refractivity contribution in [1.82, 2.24) is 14.6 Å². The van der Waals surface area contributed by atoms with E-state index in [0.29, 0.717) is 26.2 Å². The minimum absolute atomic E-state index is 0.211. The van der Waals surface area contributed by atoms with Crippen molar-refractivity contribution in [1.29, 1.82) is 0 Å². The van der Waals surface area contributed by atoms with Crippen molar-refractivity contribution in [3.63, 3.8) is 0 Å². The third-order valence-electron chi connectivity index (χ3n) is 5.24. The van der Waals surface area contributed by atoms with Crippen molar-refractivity contribution < 1.29 is 9.59 Å². The average Bonchev–Trinajstić information content (AvgIpc) is 3.19. The van der Waals surface area contributed by atoms with Crippen LogP contribution in [0.1, 0.15) is 45.1 Å². The van der Waals surface area contributed by atoms with Gasteiger partial charge >= 0.3 is 0 Å². The van der Waals surface area contributed by atoms with E-state index < -0.39 is 0 Å². The first-order chi connectivity index (χ1) is 14.1. The predicted octanol–water partition coefficient (Wildman–Crippen LogP) is 4.13. The third kappa shape index (κ3) is 4.19. The van der Waals surface area contributed by atoms with E-state index in [-0.39, 0.29) is 17.4 Å². The molecule has 0 N–H and O–H groups in total. The van der Waals surface area contributed by atoms with Gasteiger partial charge in [-0.15, -0.1) is 0 Å². The molecule has 0 unspecified atom stereocenters. The fourth-order valence-corrected chi connectivity index (χ4v) is 3.66.